The third-order valence-electron chi connectivity index (χ3n) is 0.950. The molecule has 1 aromatic rings. The molecule has 0 aliphatic heterocycles. The number of nitrogens with one attached hydrogen (secondary N) is 1. The second-order valence-electron chi connectivity index (χ2n) is 1.70. The quantitative estimate of drug-likeness (QED) is 0.505. The van der Waals surface area contributed by atoms with Crippen LogP contribution in [0.5, 0.6) is 5.88 Å². The Balaban J connectivity index is 3.34. The predicted molar refractivity (Wildman–Crippen MR) is 31.3 cm³/mol. The molecule has 1 aromatic heterocycles. The van der Waals surface area contributed by atoms with Crippen LogP contribution in [0, 0.1) is 6.92 Å². The van der Waals surface area contributed by atoms with Crippen LogP contribution in [0.25, 0.3) is 0 Å². The van der Waals surface area contributed by atoms with E-state index in [0.717, 1.165) is 6.20 Å². The summed E-state index contributed by atoms with van der Waals surface area (Å²) in [5.41, 5.74) is 0.0906. The van der Waals surface area contributed by atoms with Crippen LogP contribution in [0.15, 0.2) is 11.0 Å². The van der Waals surface area contributed by atoms with Crippen molar-refractivity contribution in [2.24, 2.45) is 0 Å². The average Bonchev–Trinajstić information content (AvgIpc) is 1.80. The first kappa shape index (κ1) is 5.81. The standard InChI is InChI=1S/C5H6N2O2/c1-3-5(9)6-2-4(8)7-3/h2H,1H3,(H,6,9)(H,7,8). The van der Waals surface area contributed by atoms with Gasteiger partial charge in [-0.25, -0.2) is 4.98 Å². The van der Waals surface area contributed by atoms with Gasteiger partial charge in [-0.1, -0.05) is 0 Å². The van der Waals surface area contributed by atoms with E-state index in [1.54, 1.807) is 6.92 Å². The minimum absolute atomic E-state index is 0.130. The van der Waals surface area contributed by atoms with Gasteiger partial charge < -0.3 is 10.1 Å². The lowest BCUT2D eigenvalue weighted by Gasteiger charge is -1.91. The van der Waals surface area contributed by atoms with Gasteiger partial charge in [0, 0.05) is 0 Å². The molecule has 0 aliphatic carbocycles. The summed E-state index contributed by atoms with van der Waals surface area (Å²) in [6, 6.07) is 0. The van der Waals surface area contributed by atoms with Crippen molar-refractivity contribution in [1.82, 2.24) is 9.97 Å². The molecule has 0 bridgehead atoms. The van der Waals surface area contributed by atoms with Gasteiger partial charge in [-0.15, -0.1) is 0 Å². The van der Waals surface area contributed by atoms with Crippen LogP contribution >= 0.6 is 0 Å². The van der Waals surface area contributed by atoms with Crippen LogP contribution in [0.4, 0.5) is 0 Å². The summed E-state index contributed by atoms with van der Waals surface area (Å²) in [5, 5.41) is 8.76. The number of aromatic amines is 1. The van der Waals surface area contributed by atoms with E-state index in [1.165, 1.54) is 0 Å². The number of nitrogens with zero attached hydrogens (tertiary/aromatic N) is 1. The molecule has 0 aromatic carbocycles. The molecule has 2 N–H and O–H groups in total. The van der Waals surface area contributed by atoms with Crippen molar-refractivity contribution in [3.8, 4) is 5.88 Å². The summed E-state index contributed by atoms with van der Waals surface area (Å²) in [5.74, 6) is -0.130. The first-order chi connectivity index (χ1) is 4.20. The van der Waals surface area contributed by atoms with Gasteiger partial charge in [0.15, 0.2) is 0 Å². The lowest BCUT2D eigenvalue weighted by molar-refractivity contribution is 0.444. The van der Waals surface area contributed by atoms with E-state index in [1.807, 2.05) is 0 Å². The number of aromatic hydroxyl groups is 1. The number of aromatic nitrogens is 2. The molecule has 0 fully saturated rings. The Morgan fingerprint density at radius 2 is 2.44 bits per heavy atom. The maximum atomic E-state index is 10.4. The Kier molecular flexibility index (Phi) is 1.22. The number of hydrogen-bond donors (Lipinski definition) is 2. The van der Waals surface area contributed by atoms with E-state index >= 15 is 0 Å². The molecule has 0 atom stereocenters. The Morgan fingerprint density at radius 1 is 1.78 bits per heavy atom. The third-order valence-corrected chi connectivity index (χ3v) is 0.950. The lowest BCUT2D eigenvalue weighted by Crippen LogP contribution is -2.06. The summed E-state index contributed by atoms with van der Waals surface area (Å²) in [4.78, 5) is 16.2. The van der Waals surface area contributed by atoms with Crippen LogP contribution in [-0.2, 0) is 0 Å². The molecule has 48 valence electrons. The third kappa shape index (κ3) is 1.07. The molecule has 0 amide bonds. The molecule has 0 spiro atoms. The number of H-pyrrole nitrogens is 1. The van der Waals surface area contributed by atoms with Crippen LogP contribution in [-0.4, -0.2) is 15.1 Å². The van der Waals surface area contributed by atoms with E-state index in [2.05, 4.69) is 9.97 Å². The number of hydrogen-bond acceptors (Lipinski definition) is 3. The van der Waals surface area contributed by atoms with Gasteiger partial charge in [-0.3, -0.25) is 4.79 Å². The van der Waals surface area contributed by atoms with Gasteiger partial charge in [0.2, 0.25) is 5.88 Å². The molecule has 0 radical (unpaired) electrons. The molecule has 1 heterocycles. The highest BCUT2D eigenvalue weighted by Crippen LogP contribution is 2.02. The molecule has 0 unspecified atom stereocenters. The maximum Gasteiger partial charge on any atom is 0.266 e. The van der Waals surface area contributed by atoms with E-state index in [4.69, 9.17) is 5.11 Å². The topological polar surface area (TPSA) is 66.0 Å². The van der Waals surface area contributed by atoms with Crippen LogP contribution in [0.3, 0.4) is 0 Å². The molecule has 1 rings (SSSR count). The minimum Gasteiger partial charge on any atom is -0.492 e. The smallest absolute Gasteiger partial charge is 0.266 e. The zero-order valence-corrected chi connectivity index (χ0v) is 4.88. The lowest BCUT2D eigenvalue weighted by atomic mass is 10.5. The fourth-order valence-electron chi connectivity index (χ4n) is 0.490. The zero-order chi connectivity index (χ0) is 6.85. The Morgan fingerprint density at radius 3 is 2.89 bits per heavy atom. The monoisotopic (exact) mass is 126 g/mol. The fraction of sp³-hybridized carbons (Fsp3) is 0.200. The summed E-state index contributed by atoms with van der Waals surface area (Å²) in [6.07, 6.45) is 1.03. The average molecular weight is 126 g/mol. The van der Waals surface area contributed by atoms with Crippen molar-refractivity contribution < 1.29 is 5.11 Å². The van der Waals surface area contributed by atoms with Crippen molar-refractivity contribution in [2.75, 3.05) is 0 Å². The van der Waals surface area contributed by atoms with Crippen LogP contribution < -0.4 is 5.56 Å². The zero-order valence-electron chi connectivity index (χ0n) is 4.88. The van der Waals surface area contributed by atoms with Crippen LogP contribution in [0.2, 0.25) is 0 Å². The first-order valence-corrected chi connectivity index (χ1v) is 2.45. The first-order valence-electron chi connectivity index (χ1n) is 2.45. The summed E-state index contributed by atoms with van der Waals surface area (Å²) in [7, 11) is 0. The van der Waals surface area contributed by atoms with E-state index in [-0.39, 0.29) is 11.4 Å². The predicted octanol–water partition coefficient (Wildman–Crippen LogP) is -0.216. The Labute approximate surface area is 51.2 Å². The van der Waals surface area contributed by atoms with Crippen molar-refractivity contribution in [1.29, 1.82) is 0 Å². The molecule has 4 nitrogen and oxygen atoms in total. The van der Waals surface area contributed by atoms with E-state index in [0.29, 0.717) is 5.69 Å². The molecule has 9 heavy (non-hydrogen) atoms. The van der Waals surface area contributed by atoms with Gasteiger partial charge in [0.05, 0.1) is 11.9 Å². The van der Waals surface area contributed by atoms with Crippen molar-refractivity contribution in [3.05, 3.63) is 22.2 Å². The highest BCUT2D eigenvalue weighted by Gasteiger charge is 1.93. The number of aryl methyl sites for hydroxylation is 1. The molecule has 4 heteroatoms. The normalized spacial score (nSPS) is 9.44. The Hall–Kier alpha value is -1.32. The second-order valence-corrected chi connectivity index (χ2v) is 1.70. The van der Waals surface area contributed by atoms with Gasteiger partial charge in [-0.2, -0.15) is 0 Å². The van der Waals surface area contributed by atoms with Crippen molar-refractivity contribution in [3.63, 3.8) is 0 Å². The van der Waals surface area contributed by atoms with Gasteiger partial charge in [-0.05, 0) is 6.92 Å². The minimum atomic E-state index is -0.301. The van der Waals surface area contributed by atoms with Crippen molar-refractivity contribution in [2.45, 2.75) is 6.92 Å². The maximum absolute atomic E-state index is 10.4. The summed E-state index contributed by atoms with van der Waals surface area (Å²) < 4.78 is 0. The van der Waals surface area contributed by atoms with Crippen LogP contribution in [0.1, 0.15) is 5.69 Å². The summed E-state index contributed by atoms with van der Waals surface area (Å²) in [6.45, 7) is 1.57. The fourth-order valence-corrected chi connectivity index (χ4v) is 0.490. The largest absolute Gasteiger partial charge is 0.492 e. The molecule has 0 saturated carbocycles. The summed E-state index contributed by atoms with van der Waals surface area (Å²) >= 11 is 0. The highest BCUT2D eigenvalue weighted by atomic mass is 16.3. The molecular weight excluding hydrogens is 120 g/mol. The number of rotatable bonds is 0. The van der Waals surface area contributed by atoms with Gasteiger partial charge >= 0.3 is 0 Å². The molecule has 0 saturated heterocycles. The second kappa shape index (κ2) is 1.89. The molecular formula is C5H6N2O2. The van der Waals surface area contributed by atoms with E-state index in [9.17, 15) is 4.79 Å². The van der Waals surface area contributed by atoms with Crippen molar-refractivity contribution >= 4 is 0 Å². The SMILES string of the molecule is Cc1[nH]c(=O)cnc1O. The van der Waals surface area contributed by atoms with E-state index < -0.39 is 0 Å². The highest BCUT2D eigenvalue weighted by molar-refractivity contribution is 5.12. The van der Waals surface area contributed by atoms with Gasteiger partial charge in [0.1, 0.15) is 0 Å². The van der Waals surface area contributed by atoms with Gasteiger partial charge in [0.25, 0.3) is 5.56 Å². The Bertz CT molecular complexity index is 266. The molecule has 0 aliphatic rings.